The molecule has 0 N–H and O–H groups in total. The van der Waals surface area contributed by atoms with Crippen LogP contribution in [-0.4, -0.2) is 23.2 Å². The Morgan fingerprint density at radius 1 is 1.00 bits per heavy atom. The summed E-state index contributed by atoms with van der Waals surface area (Å²) in [6.45, 7) is 7.86. The standard InChI is InChI=1S/C20H21NO3S2/c1-12(2)24-15-9-6-5-8-14(15)21-19(22)17(16-10-7-11-25-16)18(20(21)23)26-13(3)4/h5-13H,1-4H3. The smallest absolute Gasteiger partial charge is 0.272 e. The first-order chi connectivity index (χ1) is 12.4. The lowest BCUT2D eigenvalue weighted by Gasteiger charge is -2.20. The summed E-state index contributed by atoms with van der Waals surface area (Å²) in [5.74, 6) is -0.0390. The van der Waals surface area contributed by atoms with Gasteiger partial charge in [-0.25, -0.2) is 4.90 Å². The number of nitrogens with zero attached hydrogens (tertiary/aromatic N) is 1. The van der Waals surface area contributed by atoms with E-state index in [1.165, 1.54) is 28.0 Å². The van der Waals surface area contributed by atoms with Crippen molar-refractivity contribution >= 4 is 46.2 Å². The summed E-state index contributed by atoms with van der Waals surface area (Å²) in [5.41, 5.74) is 0.979. The van der Waals surface area contributed by atoms with Crippen LogP contribution >= 0.6 is 23.1 Å². The van der Waals surface area contributed by atoms with Gasteiger partial charge in [-0.1, -0.05) is 32.0 Å². The maximum Gasteiger partial charge on any atom is 0.272 e. The van der Waals surface area contributed by atoms with E-state index in [0.717, 1.165) is 4.88 Å². The molecule has 0 fully saturated rings. The molecule has 3 rings (SSSR count). The Bertz CT molecular complexity index is 854. The molecule has 0 saturated heterocycles. The third-order valence-electron chi connectivity index (χ3n) is 3.63. The molecule has 0 unspecified atom stereocenters. The number of thiophene rings is 1. The molecule has 0 bridgehead atoms. The summed E-state index contributed by atoms with van der Waals surface area (Å²) in [6, 6.07) is 11.0. The minimum absolute atomic E-state index is 0.0572. The number of amides is 2. The van der Waals surface area contributed by atoms with Crippen molar-refractivity contribution in [1.29, 1.82) is 0 Å². The van der Waals surface area contributed by atoms with Gasteiger partial charge in [-0.3, -0.25) is 9.59 Å². The van der Waals surface area contributed by atoms with E-state index in [1.54, 1.807) is 12.1 Å². The Balaban J connectivity index is 2.08. The number of thioether (sulfide) groups is 1. The highest BCUT2D eigenvalue weighted by Crippen LogP contribution is 2.43. The fourth-order valence-electron chi connectivity index (χ4n) is 2.71. The van der Waals surface area contributed by atoms with Gasteiger partial charge >= 0.3 is 0 Å². The van der Waals surface area contributed by atoms with Crippen LogP contribution in [0.15, 0.2) is 46.7 Å². The third-order valence-corrected chi connectivity index (χ3v) is 5.60. The molecule has 2 aromatic rings. The van der Waals surface area contributed by atoms with Crippen LogP contribution in [0.25, 0.3) is 5.57 Å². The number of ether oxygens (including phenoxy) is 1. The zero-order valence-corrected chi connectivity index (χ0v) is 16.8. The molecule has 6 heteroatoms. The zero-order chi connectivity index (χ0) is 18.8. The van der Waals surface area contributed by atoms with E-state index in [4.69, 9.17) is 4.74 Å². The maximum absolute atomic E-state index is 13.2. The van der Waals surface area contributed by atoms with E-state index >= 15 is 0 Å². The van der Waals surface area contributed by atoms with E-state index in [2.05, 4.69) is 0 Å². The number of para-hydroxylation sites is 2. The number of rotatable bonds is 6. The fraction of sp³-hybridized carbons (Fsp3) is 0.300. The monoisotopic (exact) mass is 387 g/mol. The summed E-state index contributed by atoms with van der Waals surface area (Å²) in [5, 5.41) is 2.11. The van der Waals surface area contributed by atoms with E-state index in [9.17, 15) is 9.59 Å². The van der Waals surface area contributed by atoms with E-state index in [0.29, 0.717) is 21.9 Å². The number of anilines is 1. The van der Waals surface area contributed by atoms with Crippen molar-refractivity contribution in [3.63, 3.8) is 0 Å². The minimum Gasteiger partial charge on any atom is -0.489 e. The first-order valence-electron chi connectivity index (χ1n) is 8.49. The Labute approximate surface area is 161 Å². The highest BCUT2D eigenvalue weighted by molar-refractivity contribution is 8.04. The summed E-state index contributed by atoms with van der Waals surface area (Å²) < 4.78 is 5.83. The Morgan fingerprint density at radius 3 is 2.35 bits per heavy atom. The Kier molecular flexibility index (Phi) is 5.53. The summed E-state index contributed by atoms with van der Waals surface area (Å²) >= 11 is 2.90. The Morgan fingerprint density at radius 2 is 1.73 bits per heavy atom. The number of imide groups is 1. The highest BCUT2D eigenvalue weighted by atomic mass is 32.2. The predicted molar refractivity (Wildman–Crippen MR) is 109 cm³/mol. The van der Waals surface area contributed by atoms with Crippen molar-refractivity contribution in [2.75, 3.05) is 4.90 Å². The molecular weight excluding hydrogens is 366 g/mol. The molecule has 136 valence electrons. The molecule has 0 radical (unpaired) electrons. The number of carbonyl (C=O) groups excluding carboxylic acids is 2. The molecule has 1 aliphatic rings. The number of benzene rings is 1. The number of hydrogen-bond donors (Lipinski definition) is 0. The molecular formula is C20H21NO3S2. The summed E-state index contributed by atoms with van der Waals surface area (Å²) in [6.07, 6.45) is -0.0572. The molecule has 2 heterocycles. The van der Waals surface area contributed by atoms with Crippen LogP contribution in [0.5, 0.6) is 5.75 Å². The van der Waals surface area contributed by atoms with Crippen molar-refractivity contribution in [3.05, 3.63) is 51.6 Å². The lowest BCUT2D eigenvalue weighted by molar-refractivity contribution is -0.119. The van der Waals surface area contributed by atoms with Crippen LogP contribution in [-0.2, 0) is 9.59 Å². The van der Waals surface area contributed by atoms with Crippen LogP contribution in [0.4, 0.5) is 5.69 Å². The van der Waals surface area contributed by atoms with Crippen LogP contribution in [0.3, 0.4) is 0 Å². The van der Waals surface area contributed by atoms with Crippen molar-refractivity contribution < 1.29 is 14.3 Å². The van der Waals surface area contributed by atoms with Gasteiger partial charge in [0.25, 0.3) is 11.8 Å². The van der Waals surface area contributed by atoms with Crippen LogP contribution < -0.4 is 9.64 Å². The second-order valence-electron chi connectivity index (χ2n) is 6.43. The van der Waals surface area contributed by atoms with Gasteiger partial charge in [-0.05, 0) is 37.4 Å². The van der Waals surface area contributed by atoms with Crippen molar-refractivity contribution in [2.24, 2.45) is 0 Å². The predicted octanol–water partition coefficient (Wildman–Crippen LogP) is 4.96. The molecule has 4 nitrogen and oxygen atoms in total. The summed E-state index contributed by atoms with van der Waals surface area (Å²) in [4.78, 5) is 29.0. The van der Waals surface area contributed by atoms with Gasteiger partial charge in [0.2, 0.25) is 0 Å². The summed E-state index contributed by atoms with van der Waals surface area (Å²) in [7, 11) is 0. The van der Waals surface area contributed by atoms with E-state index < -0.39 is 0 Å². The van der Waals surface area contributed by atoms with Gasteiger partial charge in [0.05, 0.1) is 22.3 Å². The van der Waals surface area contributed by atoms with Gasteiger partial charge < -0.3 is 4.74 Å². The van der Waals surface area contributed by atoms with E-state index in [1.807, 2.05) is 57.3 Å². The Hall–Kier alpha value is -2.05. The first-order valence-corrected chi connectivity index (χ1v) is 10.2. The lowest BCUT2D eigenvalue weighted by atomic mass is 10.2. The van der Waals surface area contributed by atoms with Gasteiger partial charge in [0, 0.05) is 10.1 Å². The molecule has 2 amide bonds. The molecule has 1 aromatic carbocycles. The molecule has 0 aliphatic carbocycles. The topological polar surface area (TPSA) is 46.6 Å². The second kappa shape index (κ2) is 7.68. The number of hydrogen-bond acceptors (Lipinski definition) is 5. The second-order valence-corrected chi connectivity index (χ2v) is 8.96. The zero-order valence-electron chi connectivity index (χ0n) is 15.2. The SMILES string of the molecule is CC(C)Oc1ccccc1N1C(=O)C(SC(C)C)=C(c2cccs2)C1=O. The average Bonchev–Trinajstić information content (AvgIpc) is 3.16. The largest absolute Gasteiger partial charge is 0.489 e. The highest BCUT2D eigenvalue weighted by Gasteiger charge is 2.42. The molecule has 0 saturated carbocycles. The molecule has 1 aliphatic heterocycles. The average molecular weight is 388 g/mol. The molecule has 0 atom stereocenters. The number of carbonyl (C=O) groups is 2. The third kappa shape index (κ3) is 3.57. The van der Waals surface area contributed by atoms with Crippen LogP contribution in [0, 0.1) is 0 Å². The molecule has 1 aromatic heterocycles. The minimum atomic E-state index is -0.291. The van der Waals surface area contributed by atoms with Gasteiger partial charge in [0.1, 0.15) is 5.75 Å². The van der Waals surface area contributed by atoms with E-state index in [-0.39, 0.29) is 23.2 Å². The fourth-order valence-corrected chi connectivity index (χ4v) is 4.52. The van der Waals surface area contributed by atoms with Crippen molar-refractivity contribution in [1.82, 2.24) is 0 Å². The van der Waals surface area contributed by atoms with Crippen LogP contribution in [0.2, 0.25) is 0 Å². The first kappa shape index (κ1) is 18.7. The van der Waals surface area contributed by atoms with Crippen molar-refractivity contribution in [2.45, 2.75) is 39.0 Å². The molecule has 26 heavy (non-hydrogen) atoms. The molecule has 0 spiro atoms. The van der Waals surface area contributed by atoms with Crippen LogP contribution in [0.1, 0.15) is 32.6 Å². The van der Waals surface area contributed by atoms with Gasteiger partial charge in [0.15, 0.2) is 0 Å². The quantitative estimate of drug-likeness (QED) is 0.657. The normalized spacial score (nSPS) is 14.9. The van der Waals surface area contributed by atoms with Gasteiger partial charge in [-0.2, -0.15) is 0 Å². The van der Waals surface area contributed by atoms with Crippen molar-refractivity contribution in [3.8, 4) is 5.75 Å². The van der Waals surface area contributed by atoms with Gasteiger partial charge in [-0.15, -0.1) is 23.1 Å². The maximum atomic E-state index is 13.2. The lowest BCUT2D eigenvalue weighted by Crippen LogP contribution is -2.32.